The lowest BCUT2D eigenvalue weighted by Crippen LogP contribution is -2.43. The van der Waals surface area contributed by atoms with E-state index in [-0.39, 0.29) is 12.1 Å². The molecule has 0 radical (unpaired) electrons. The first kappa shape index (κ1) is 14.1. The first-order chi connectivity index (χ1) is 10.2. The van der Waals surface area contributed by atoms with Crippen molar-refractivity contribution in [3.63, 3.8) is 0 Å². The molecule has 4 heteroatoms. The summed E-state index contributed by atoms with van der Waals surface area (Å²) < 4.78 is 0. The van der Waals surface area contributed by atoms with Crippen LogP contribution in [0.25, 0.3) is 0 Å². The maximum atomic E-state index is 12.4. The smallest absolute Gasteiger partial charge is 0.256 e. The first-order valence-electron chi connectivity index (χ1n) is 7.72. The van der Waals surface area contributed by atoms with Crippen molar-refractivity contribution in [1.82, 2.24) is 9.80 Å². The molecule has 1 heterocycles. The zero-order valence-corrected chi connectivity index (χ0v) is 12.4. The molecule has 21 heavy (non-hydrogen) atoms. The Morgan fingerprint density at radius 1 is 1.14 bits per heavy atom. The number of likely N-dealkylation sites (N-methyl/N-ethyl adjacent to an activating group) is 1. The van der Waals surface area contributed by atoms with Crippen molar-refractivity contribution < 1.29 is 4.79 Å². The van der Waals surface area contributed by atoms with E-state index in [4.69, 9.17) is 0 Å². The third-order valence-electron chi connectivity index (χ3n) is 4.75. The molecule has 1 aliphatic carbocycles. The molecule has 1 saturated carbocycles. The van der Waals surface area contributed by atoms with E-state index in [1.54, 1.807) is 4.90 Å². The summed E-state index contributed by atoms with van der Waals surface area (Å²) in [4.78, 5) is 16.3. The second-order valence-electron chi connectivity index (χ2n) is 6.00. The van der Waals surface area contributed by atoms with Crippen LogP contribution < -0.4 is 0 Å². The van der Waals surface area contributed by atoms with Crippen molar-refractivity contribution in [3.05, 3.63) is 35.9 Å². The van der Waals surface area contributed by atoms with Gasteiger partial charge < -0.3 is 4.90 Å². The summed E-state index contributed by atoms with van der Waals surface area (Å²) in [6.07, 6.45) is 5.72. The number of carbonyl (C=O) groups is 1. The summed E-state index contributed by atoms with van der Waals surface area (Å²) in [5.41, 5.74) is 1.09. The number of carbonyl (C=O) groups excluding carboxylic acids is 1. The van der Waals surface area contributed by atoms with E-state index in [0.29, 0.717) is 6.04 Å². The maximum absolute atomic E-state index is 12.4. The highest BCUT2D eigenvalue weighted by Crippen LogP contribution is 2.38. The molecular formula is C17H21N3O. The number of nitriles is 1. The van der Waals surface area contributed by atoms with Crippen LogP contribution in [-0.2, 0) is 4.79 Å². The van der Waals surface area contributed by atoms with E-state index >= 15 is 0 Å². The van der Waals surface area contributed by atoms with E-state index in [9.17, 15) is 10.1 Å². The lowest BCUT2D eigenvalue weighted by atomic mass is 9.92. The van der Waals surface area contributed by atoms with Crippen LogP contribution in [0.4, 0.5) is 0 Å². The number of amides is 1. The normalized spacial score (nSPS) is 27.8. The van der Waals surface area contributed by atoms with Gasteiger partial charge in [0, 0.05) is 13.1 Å². The molecule has 4 nitrogen and oxygen atoms in total. The summed E-state index contributed by atoms with van der Waals surface area (Å²) in [6, 6.07) is 12.0. The van der Waals surface area contributed by atoms with Crippen LogP contribution in [-0.4, -0.2) is 34.8 Å². The molecule has 2 unspecified atom stereocenters. The minimum atomic E-state index is -0.636. The monoisotopic (exact) mass is 283 g/mol. The number of benzene rings is 1. The molecule has 1 saturated heterocycles. The van der Waals surface area contributed by atoms with Gasteiger partial charge in [0.1, 0.15) is 6.17 Å². The number of rotatable bonds is 2. The SMILES string of the molecule is CN1C(=O)C(C#N)N(C2CCCCC2)C1c1ccccc1. The Hall–Kier alpha value is -1.86. The summed E-state index contributed by atoms with van der Waals surface area (Å²) in [6.45, 7) is 0. The molecule has 2 aliphatic rings. The molecule has 0 N–H and O–H groups in total. The van der Waals surface area contributed by atoms with E-state index in [1.165, 1.54) is 19.3 Å². The minimum absolute atomic E-state index is 0.0723. The van der Waals surface area contributed by atoms with Gasteiger partial charge in [0.2, 0.25) is 0 Å². The average molecular weight is 283 g/mol. The zero-order valence-electron chi connectivity index (χ0n) is 12.4. The van der Waals surface area contributed by atoms with Crippen molar-refractivity contribution in [2.75, 3.05) is 7.05 Å². The van der Waals surface area contributed by atoms with E-state index in [2.05, 4.69) is 11.0 Å². The fraction of sp³-hybridized carbons (Fsp3) is 0.529. The van der Waals surface area contributed by atoms with Gasteiger partial charge in [-0.15, -0.1) is 0 Å². The largest absolute Gasteiger partial charge is 0.323 e. The molecule has 0 bridgehead atoms. The first-order valence-corrected chi connectivity index (χ1v) is 7.72. The van der Waals surface area contributed by atoms with Gasteiger partial charge in [-0.2, -0.15) is 5.26 Å². The van der Waals surface area contributed by atoms with Gasteiger partial charge in [-0.1, -0.05) is 49.6 Å². The Morgan fingerprint density at radius 3 is 2.43 bits per heavy atom. The fourth-order valence-corrected chi connectivity index (χ4v) is 3.71. The van der Waals surface area contributed by atoms with E-state index in [1.807, 2.05) is 37.4 Å². The molecule has 1 amide bonds. The third-order valence-corrected chi connectivity index (χ3v) is 4.75. The van der Waals surface area contributed by atoms with Gasteiger partial charge in [-0.25, -0.2) is 0 Å². The van der Waals surface area contributed by atoms with Crippen LogP contribution in [0.1, 0.15) is 43.8 Å². The van der Waals surface area contributed by atoms with Gasteiger partial charge in [0.25, 0.3) is 5.91 Å². The zero-order chi connectivity index (χ0) is 14.8. The Labute approximate surface area is 126 Å². The second-order valence-corrected chi connectivity index (χ2v) is 6.00. The van der Waals surface area contributed by atoms with Crippen LogP contribution in [0.5, 0.6) is 0 Å². The highest BCUT2D eigenvalue weighted by Gasteiger charge is 2.48. The Balaban J connectivity index is 1.98. The van der Waals surface area contributed by atoms with Crippen molar-refractivity contribution >= 4 is 5.91 Å². The quantitative estimate of drug-likeness (QED) is 0.838. The molecule has 1 aliphatic heterocycles. The second kappa shape index (κ2) is 5.87. The van der Waals surface area contributed by atoms with Crippen molar-refractivity contribution in [2.24, 2.45) is 0 Å². The van der Waals surface area contributed by atoms with Gasteiger partial charge in [-0.05, 0) is 18.4 Å². The molecular weight excluding hydrogens is 262 g/mol. The fourth-order valence-electron chi connectivity index (χ4n) is 3.71. The van der Waals surface area contributed by atoms with Crippen LogP contribution in [0.15, 0.2) is 30.3 Å². The number of hydrogen-bond acceptors (Lipinski definition) is 3. The van der Waals surface area contributed by atoms with Crippen LogP contribution >= 0.6 is 0 Å². The average Bonchev–Trinajstić information content (AvgIpc) is 2.80. The Kier molecular flexibility index (Phi) is 3.94. The van der Waals surface area contributed by atoms with Crippen molar-refractivity contribution in [1.29, 1.82) is 5.26 Å². The molecule has 1 aromatic carbocycles. The van der Waals surface area contributed by atoms with Crippen LogP contribution in [0, 0.1) is 11.3 Å². The van der Waals surface area contributed by atoms with Gasteiger partial charge in [-0.3, -0.25) is 9.69 Å². The van der Waals surface area contributed by atoms with E-state index in [0.717, 1.165) is 18.4 Å². The molecule has 0 spiro atoms. The van der Waals surface area contributed by atoms with Crippen molar-refractivity contribution in [3.8, 4) is 6.07 Å². The van der Waals surface area contributed by atoms with Crippen LogP contribution in [0.3, 0.4) is 0 Å². The highest BCUT2D eigenvalue weighted by molar-refractivity contribution is 5.87. The summed E-state index contributed by atoms with van der Waals surface area (Å²) in [5.74, 6) is -0.0723. The van der Waals surface area contributed by atoms with E-state index < -0.39 is 6.04 Å². The topological polar surface area (TPSA) is 47.3 Å². The van der Waals surface area contributed by atoms with Gasteiger partial charge >= 0.3 is 0 Å². The number of hydrogen-bond donors (Lipinski definition) is 0. The Bertz CT molecular complexity index is 545. The van der Waals surface area contributed by atoms with Gasteiger partial charge in [0.15, 0.2) is 6.04 Å². The lowest BCUT2D eigenvalue weighted by Gasteiger charge is -2.37. The number of nitrogens with zero attached hydrogens (tertiary/aromatic N) is 3. The third kappa shape index (κ3) is 2.43. The summed E-state index contributed by atoms with van der Waals surface area (Å²) in [5, 5.41) is 9.48. The van der Waals surface area contributed by atoms with Gasteiger partial charge in [0.05, 0.1) is 6.07 Å². The Morgan fingerprint density at radius 2 is 1.81 bits per heavy atom. The highest BCUT2D eigenvalue weighted by atomic mass is 16.2. The van der Waals surface area contributed by atoms with Crippen LogP contribution in [0.2, 0.25) is 0 Å². The standard InChI is InChI=1S/C17H21N3O/c1-19-16(13-8-4-2-5-9-13)20(15(12-18)17(19)21)14-10-6-3-7-11-14/h2,4-5,8-9,14-16H,3,6-7,10-11H2,1H3. The predicted octanol–water partition coefficient (Wildman–Crippen LogP) is 2.68. The van der Waals surface area contributed by atoms with Crippen molar-refractivity contribution in [2.45, 2.75) is 50.4 Å². The molecule has 2 fully saturated rings. The minimum Gasteiger partial charge on any atom is -0.323 e. The molecule has 110 valence electrons. The molecule has 1 aromatic rings. The molecule has 2 atom stereocenters. The molecule has 0 aromatic heterocycles. The summed E-state index contributed by atoms with van der Waals surface area (Å²) >= 11 is 0. The molecule has 3 rings (SSSR count). The summed E-state index contributed by atoms with van der Waals surface area (Å²) in [7, 11) is 1.81. The lowest BCUT2D eigenvalue weighted by molar-refractivity contribution is -0.127. The maximum Gasteiger partial charge on any atom is 0.256 e. The predicted molar refractivity (Wildman–Crippen MR) is 80.1 cm³/mol.